The average molecular weight is 298 g/mol. The van der Waals surface area contributed by atoms with Crippen molar-refractivity contribution in [1.82, 2.24) is 4.72 Å². The molecule has 0 aliphatic carbocycles. The lowest BCUT2D eigenvalue weighted by atomic mass is 9.92. The predicted molar refractivity (Wildman–Crippen MR) is 68.8 cm³/mol. The van der Waals surface area contributed by atoms with Crippen LogP contribution in [0.4, 0.5) is 0 Å². The third kappa shape index (κ3) is 3.33. The van der Waals surface area contributed by atoms with Crippen LogP contribution in [0.2, 0.25) is 0 Å². The molecule has 108 valence electrons. The summed E-state index contributed by atoms with van der Waals surface area (Å²) >= 11 is 0. The molecule has 0 heterocycles. The van der Waals surface area contributed by atoms with Gasteiger partial charge in [-0.2, -0.15) is 5.26 Å². The van der Waals surface area contributed by atoms with Gasteiger partial charge in [-0.25, -0.2) is 13.1 Å². The smallest absolute Gasteiger partial charge is 0.264 e. The molecular weight excluding hydrogens is 284 g/mol. The molecule has 3 N–H and O–H groups in total. The molecule has 0 spiro atoms. The lowest BCUT2D eigenvalue weighted by Crippen LogP contribution is -2.46. The van der Waals surface area contributed by atoms with Crippen LogP contribution in [0.15, 0.2) is 29.2 Å². The number of aliphatic hydroxyl groups is 2. The van der Waals surface area contributed by atoms with Crippen molar-refractivity contribution in [2.24, 2.45) is 5.41 Å². The number of carbonyl (C=O) groups is 1. The Hall–Kier alpha value is -1.95. The molecule has 0 aliphatic heterocycles. The molecule has 0 bridgehead atoms. The summed E-state index contributed by atoms with van der Waals surface area (Å²) in [5.74, 6) is -1.02. The van der Waals surface area contributed by atoms with Crippen molar-refractivity contribution in [2.45, 2.75) is 11.8 Å². The number of rotatable bonds is 5. The van der Waals surface area contributed by atoms with E-state index in [0.717, 1.165) is 6.07 Å². The van der Waals surface area contributed by atoms with Gasteiger partial charge in [0.1, 0.15) is 0 Å². The van der Waals surface area contributed by atoms with Crippen molar-refractivity contribution in [2.75, 3.05) is 13.2 Å². The maximum absolute atomic E-state index is 12.0. The first kappa shape index (κ1) is 16.1. The molecule has 0 aromatic heterocycles. The van der Waals surface area contributed by atoms with E-state index in [2.05, 4.69) is 0 Å². The first-order valence-corrected chi connectivity index (χ1v) is 7.06. The number of carbonyl (C=O) groups excluding carboxylic acids is 1. The summed E-state index contributed by atoms with van der Waals surface area (Å²) < 4.78 is 25.7. The SMILES string of the molecule is CC(CO)(CO)C(=O)NS(=O)(=O)c1cccc(C#N)c1. The molecule has 7 nitrogen and oxygen atoms in total. The van der Waals surface area contributed by atoms with Gasteiger partial charge in [-0.05, 0) is 25.1 Å². The second-order valence-corrected chi connectivity index (χ2v) is 6.13. The number of benzene rings is 1. The second kappa shape index (κ2) is 6.00. The summed E-state index contributed by atoms with van der Waals surface area (Å²) in [6.07, 6.45) is 0. The topological polar surface area (TPSA) is 127 Å². The highest BCUT2D eigenvalue weighted by Gasteiger charge is 2.35. The number of hydrogen-bond acceptors (Lipinski definition) is 6. The van der Waals surface area contributed by atoms with Crippen LogP contribution in [0.3, 0.4) is 0 Å². The van der Waals surface area contributed by atoms with Crippen molar-refractivity contribution in [1.29, 1.82) is 5.26 Å². The zero-order chi connectivity index (χ0) is 15.4. The molecule has 1 rings (SSSR count). The number of nitrogens with zero attached hydrogens (tertiary/aromatic N) is 1. The minimum absolute atomic E-state index is 0.132. The van der Waals surface area contributed by atoms with Gasteiger partial charge in [0.25, 0.3) is 10.0 Å². The Labute approximate surface area is 116 Å². The van der Waals surface area contributed by atoms with E-state index in [1.807, 2.05) is 0 Å². The first-order valence-electron chi connectivity index (χ1n) is 5.58. The van der Waals surface area contributed by atoms with Crippen molar-refractivity contribution in [3.05, 3.63) is 29.8 Å². The van der Waals surface area contributed by atoms with Gasteiger partial charge in [-0.1, -0.05) is 6.07 Å². The first-order chi connectivity index (χ1) is 9.29. The Morgan fingerprint density at radius 1 is 1.40 bits per heavy atom. The largest absolute Gasteiger partial charge is 0.395 e. The molecule has 0 fully saturated rings. The van der Waals surface area contributed by atoms with Gasteiger partial charge in [-0.15, -0.1) is 0 Å². The van der Waals surface area contributed by atoms with E-state index in [-0.39, 0.29) is 10.5 Å². The maximum Gasteiger partial charge on any atom is 0.264 e. The van der Waals surface area contributed by atoms with Crippen molar-refractivity contribution in [3.63, 3.8) is 0 Å². The van der Waals surface area contributed by atoms with Gasteiger partial charge in [0.05, 0.1) is 35.2 Å². The maximum atomic E-state index is 12.0. The van der Waals surface area contributed by atoms with E-state index in [1.165, 1.54) is 25.1 Å². The summed E-state index contributed by atoms with van der Waals surface area (Å²) in [5.41, 5.74) is -1.48. The Balaban J connectivity index is 3.07. The predicted octanol–water partition coefficient (Wildman–Crippen LogP) is -0.646. The Bertz CT molecular complexity index is 644. The Kier molecular flexibility index (Phi) is 4.83. The van der Waals surface area contributed by atoms with Crippen LogP contribution in [-0.4, -0.2) is 37.8 Å². The fourth-order valence-corrected chi connectivity index (χ4v) is 2.38. The van der Waals surface area contributed by atoms with Crippen LogP contribution in [0.25, 0.3) is 0 Å². The molecule has 20 heavy (non-hydrogen) atoms. The molecule has 0 unspecified atom stereocenters. The molecule has 0 saturated carbocycles. The minimum atomic E-state index is -4.17. The van der Waals surface area contributed by atoms with Crippen molar-refractivity contribution in [3.8, 4) is 6.07 Å². The number of hydrogen-bond donors (Lipinski definition) is 3. The molecule has 1 aromatic rings. The van der Waals surface area contributed by atoms with Gasteiger partial charge >= 0.3 is 0 Å². The fourth-order valence-electron chi connectivity index (χ4n) is 1.23. The zero-order valence-electron chi connectivity index (χ0n) is 10.7. The van der Waals surface area contributed by atoms with E-state index in [1.54, 1.807) is 10.8 Å². The second-order valence-electron chi connectivity index (χ2n) is 4.45. The molecular formula is C12H14N2O5S. The average Bonchev–Trinajstić information content (AvgIpc) is 2.45. The number of nitriles is 1. The minimum Gasteiger partial charge on any atom is -0.395 e. The molecule has 1 amide bonds. The monoisotopic (exact) mass is 298 g/mol. The highest BCUT2D eigenvalue weighted by atomic mass is 32.2. The molecule has 0 saturated heterocycles. The Morgan fingerprint density at radius 3 is 2.50 bits per heavy atom. The third-order valence-corrected chi connectivity index (χ3v) is 4.08. The highest BCUT2D eigenvalue weighted by molar-refractivity contribution is 7.90. The van der Waals surface area contributed by atoms with Crippen LogP contribution in [-0.2, 0) is 14.8 Å². The van der Waals surface area contributed by atoms with E-state index in [4.69, 9.17) is 15.5 Å². The highest BCUT2D eigenvalue weighted by Crippen LogP contribution is 2.17. The van der Waals surface area contributed by atoms with E-state index in [0.29, 0.717) is 0 Å². The van der Waals surface area contributed by atoms with E-state index < -0.39 is 34.6 Å². The standard InChI is InChI=1S/C12H14N2O5S/c1-12(7-15,8-16)11(17)14-20(18,19)10-4-2-3-9(5-10)6-13/h2-5,15-16H,7-8H2,1H3,(H,14,17). The van der Waals surface area contributed by atoms with Gasteiger partial charge in [0.15, 0.2) is 0 Å². The number of aliphatic hydroxyl groups excluding tert-OH is 2. The quantitative estimate of drug-likeness (QED) is 0.663. The molecule has 0 radical (unpaired) electrons. The van der Waals surface area contributed by atoms with Crippen LogP contribution in [0, 0.1) is 16.7 Å². The number of amides is 1. The lowest BCUT2D eigenvalue weighted by molar-refractivity contribution is -0.132. The summed E-state index contributed by atoms with van der Waals surface area (Å²) in [6.45, 7) is -0.185. The van der Waals surface area contributed by atoms with Crippen LogP contribution in [0.1, 0.15) is 12.5 Å². The van der Waals surface area contributed by atoms with Crippen molar-refractivity contribution >= 4 is 15.9 Å². The zero-order valence-corrected chi connectivity index (χ0v) is 11.5. The van der Waals surface area contributed by atoms with Crippen molar-refractivity contribution < 1.29 is 23.4 Å². The Morgan fingerprint density at radius 2 is 2.00 bits per heavy atom. The van der Waals surface area contributed by atoms with E-state index in [9.17, 15) is 13.2 Å². The summed E-state index contributed by atoms with van der Waals surface area (Å²) in [5, 5.41) is 26.8. The summed E-state index contributed by atoms with van der Waals surface area (Å²) in [7, 11) is -4.17. The molecule has 0 aliphatic rings. The fraction of sp³-hybridized carbons (Fsp3) is 0.333. The number of sulfonamides is 1. The van der Waals surface area contributed by atoms with Gasteiger partial charge < -0.3 is 10.2 Å². The lowest BCUT2D eigenvalue weighted by Gasteiger charge is -2.23. The normalized spacial score (nSPS) is 11.7. The molecule has 1 aromatic carbocycles. The van der Waals surface area contributed by atoms with E-state index >= 15 is 0 Å². The van der Waals surface area contributed by atoms with Gasteiger partial charge in [0.2, 0.25) is 5.91 Å². The molecule has 8 heteroatoms. The van der Waals surface area contributed by atoms with Gasteiger partial charge in [-0.3, -0.25) is 4.79 Å². The van der Waals surface area contributed by atoms with Crippen LogP contribution < -0.4 is 4.72 Å². The van der Waals surface area contributed by atoms with Gasteiger partial charge in [0, 0.05) is 0 Å². The molecule has 0 atom stereocenters. The number of nitrogens with one attached hydrogen (secondary N) is 1. The summed E-state index contributed by atoms with van der Waals surface area (Å²) in [6, 6.07) is 6.92. The van der Waals surface area contributed by atoms with Crippen LogP contribution in [0.5, 0.6) is 0 Å². The van der Waals surface area contributed by atoms with Crippen LogP contribution >= 0.6 is 0 Å². The summed E-state index contributed by atoms with van der Waals surface area (Å²) in [4.78, 5) is 11.5. The third-order valence-electron chi connectivity index (χ3n) is 2.75.